The van der Waals surface area contributed by atoms with Gasteiger partial charge in [-0.2, -0.15) is 13.2 Å². The lowest BCUT2D eigenvalue weighted by atomic mass is 9.66. The third kappa shape index (κ3) is 2.74. The molecule has 0 bridgehead atoms. The zero-order chi connectivity index (χ0) is 19.7. The summed E-state index contributed by atoms with van der Waals surface area (Å²) in [6, 6.07) is 3.43. The highest BCUT2D eigenvalue weighted by Crippen LogP contribution is 2.48. The predicted molar refractivity (Wildman–Crippen MR) is 93.1 cm³/mol. The maximum Gasteiger partial charge on any atom is 0.459 e. The van der Waals surface area contributed by atoms with Crippen molar-refractivity contribution in [1.29, 1.82) is 0 Å². The molecule has 1 atom stereocenters. The predicted octanol–water partition coefficient (Wildman–Crippen LogP) is 4.03. The number of carbonyl (C=O) groups is 1. The van der Waals surface area contributed by atoms with Gasteiger partial charge in [0.1, 0.15) is 0 Å². The number of rotatable bonds is 2. The molecule has 0 aromatic heterocycles. The van der Waals surface area contributed by atoms with E-state index in [1.807, 2.05) is 27.7 Å². The molecule has 4 nitrogen and oxygen atoms in total. The van der Waals surface area contributed by atoms with E-state index in [2.05, 4.69) is 0 Å². The second kappa shape index (κ2) is 5.49. The first-order valence-corrected chi connectivity index (χ1v) is 8.54. The van der Waals surface area contributed by atoms with Crippen LogP contribution in [0.1, 0.15) is 45.7 Å². The van der Waals surface area contributed by atoms with Crippen LogP contribution in [0.15, 0.2) is 18.2 Å². The van der Waals surface area contributed by atoms with E-state index in [1.54, 1.807) is 14.0 Å². The number of likely N-dealkylation sites (N-methyl/N-ethyl adjacent to an activating group) is 1. The van der Waals surface area contributed by atoms with Crippen molar-refractivity contribution in [3.63, 3.8) is 0 Å². The highest BCUT2D eigenvalue weighted by Gasteiger charge is 2.56. The van der Waals surface area contributed by atoms with Gasteiger partial charge >= 0.3 is 13.3 Å². The van der Waals surface area contributed by atoms with Crippen LogP contribution in [0.5, 0.6) is 0 Å². The molecule has 0 spiro atoms. The van der Waals surface area contributed by atoms with Crippen molar-refractivity contribution in [2.45, 2.75) is 63.7 Å². The standard InChI is InChI=1S/C18H23BF3NO3/c1-15(2)16(3,4)26-19(25-15)10-17(5)12-9-11(18(20,21)22)7-8-13(12)23(6)14(17)24/h7-9H,10H2,1-6H3. The largest absolute Gasteiger partial charge is 0.459 e. The fourth-order valence-corrected chi connectivity index (χ4v) is 3.62. The number of halogens is 3. The molecule has 1 aromatic carbocycles. The molecule has 1 aromatic rings. The third-order valence-electron chi connectivity index (χ3n) is 5.93. The number of fused-ring (bicyclic) bond motifs is 1. The number of alkyl halides is 3. The van der Waals surface area contributed by atoms with Gasteiger partial charge in [-0.3, -0.25) is 4.79 Å². The molecule has 2 aliphatic heterocycles. The summed E-state index contributed by atoms with van der Waals surface area (Å²) in [5, 5.41) is 0. The molecule has 8 heteroatoms. The number of nitrogens with zero attached hydrogens (tertiary/aromatic N) is 1. The number of anilines is 1. The van der Waals surface area contributed by atoms with Crippen LogP contribution in [0, 0.1) is 0 Å². The van der Waals surface area contributed by atoms with E-state index in [0.717, 1.165) is 12.1 Å². The van der Waals surface area contributed by atoms with Crippen LogP contribution >= 0.6 is 0 Å². The van der Waals surface area contributed by atoms with E-state index in [0.29, 0.717) is 11.3 Å². The van der Waals surface area contributed by atoms with E-state index in [1.165, 1.54) is 11.0 Å². The van der Waals surface area contributed by atoms with Crippen LogP contribution in [0.3, 0.4) is 0 Å². The molecule has 26 heavy (non-hydrogen) atoms. The topological polar surface area (TPSA) is 38.8 Å². The second-order valence-electron chi connectivity index (χ2n) is 8.32. The first kappa shape index (κ1) is 19.2. The van der Waals surface area contributed by atoms with Crippen molar-refractivity contribution in [3.05, 3.63) is 29.3 Å². The Morgan fingerprint density at radius 2 is 1.62 bits per heavy atom. The number of hydrogen-bond acceptors (Lipinski definition) is 3. The van der Waals surface area contributed by atoms with Crippen molar-refractivity contribution in [3.8, 4) is 0 Å². The summed E-state index contributed by atoms with van der Waals surface area (Å²) in [7, 11) is 0.895. The Morgan fingerprint density at radius 3 is 2.12 bits per heavy atom. The fourth-order valence-electron chi connectivity index (χ4n) is 3.62. The van der Waals surface area contributed by atoms with Gasteiger partial charge in [0.25, 0.3) is 0 Å². The van der Waals surface area contributed by atoms with Crippen molar-refractivity contribution in [2.75, 3.05) is 11.9 Å². The lowest BCUT2D eigenvalue weighted by Gasteiger charge is -2.32. The lowest BCUT2D eigenvalue weighted by Crippen LogP contribution is -2.41. The van der Waals surface area contributed by atoms with Crippen LogP contribution < -0.4 is 4.90 Å². The first-order valence-electron chi connectivity index (χ1n) is 8.54. The highest BCUT2D eigenvalue weighted by molar-refractivity contribution is 6.47. The summed E-state index contributed by atoms with van der Waals surface area (Å²) in [4.78, 5) is 14.3. The molecule has 0 aliphatic carbocycles. The molecule has 1 amide bonds. The molecule has 0 N–H and O–H groups in total. The second-order valence-corrected chi connectivity index (χ2v) is 8.32. The number of carbonyl (C=O) groups excluding carboxylic acids is 1. The van der Waals surface area contributed by atoms with Crippen molar-refractivity contribution in [2.24, 2.45) is 0 Å². The zero-order valence-corrected chi connectivity index (χ0v) is 15.8. The van der Waals surface area contributed by atoms with Crippen molar-refractivity contribution < 1.29 is 27.3 Å². The van der Waals surface area contributed by atoms with Crippen LogP contribution in [-0.2, 0) is 25.7 Å². The fraction of sp³-hybridized carbons (Fsp3) is 0.611. The van der Waals surface area contributed by atoms with Gasteiger partial charge < -0.3 is 14.2 Å². The maximum atomic E-state index is 13.2. The average Bonchev–Trinajstić information content (AvgIpc) is 2.80. The normalized spacial score (nSPS) is 27.2. The smallest absolute Gasteiger partial charge is 0.403 e. The minimum atomic E-state index is -4.47. The van der Waals surface area contributed by atoms with E-state index in [9.17, 15) is 18.0 Å². The molecule has 142 valence electrons. The molecular weight excluding hydrogens is 346 g/mol. The third-order valence-corrected chi connectivity index (χ3v) is 5.93. The molecule has 1 saturated heterocycles. The van der Waals surface area contributed by atoms with Crippen molar-refractivity contribution >= 4 is 18.7 Å². The quantitative estimate of drug-likeness (QED) is 0.739. The first-order chi connectivity index (χ1) is 11.7. The molecular formula is C18H23BF3NO3. The van der Waals surface area contributed by atoms with Crippen LogP contribution in [0.2, 0.25) is 6.32 Å². The van der Waals surface area contributed by atoms with Gasteiger partial charge in [0.05, 0.1) is 22.2 Å². The Morgan fingerprint density at radius 1 is 1.08 bits per heavy atom. The molecule has 1 unspecified atom stereocenters. The van der Waals surface area contributed by atoms with Crippen LogP contribution in [0.4, 0.5) is 18.9 Å². The maximum absolute atomic E-state index is 13.2. The van der Waals surface area contributed by atoms with Gasteiger partial charge in [-0.1, -0.05) is 0 Å². The summed E-state index contributed by atoms with van der Waals surface area (Å²) in [5.41, 5.74) is -2.21. The van der Waals surface area contributed by atoms with Gasteiger partial charge in [0.15, 0.2) is 0 Å². The van der Waals surface area contributed by atoms with E-state index < -0.39 is 35.5 Å². The molecule has 3 rings (SSSR count). The summed E-state index contributed by atoms with van der Waals surface area (Å²) in [6.45, 7) is 9.24. The van der Waals surface area contributed by atoms with Crippen LogP contribution in [0.25, 0.3) is 0 Å². The minimum absolute atomic E-state index is 0.150. The number of hydrogen-bond donors (Lipinski definition) is 0. The summed E-state index contributed by atoms with van der Waals surface area (Å²) < 4.78 is 51.4. The lowest BCUT2D eigenvalue weighted by molar-refractivity contribution is -0.137. The molecule has 2 aliphatic rings. The Kier molecular flexibility index (Phi) is 4.06. The Bertz CT molecular complexity index is 747. The Hall–Kier alpha value is -1.54. The monoisotopic (exact) mass is 369 g/mol. The molecule has 2 heterocycles. The molecule has 0 radical (unpaired) electrons. The van der Waals surface area contributed by atoms with Crippen molar-refractivity contribution in [1.82, 2.24) is 0 Å². The average molecular weight is 369 g/mol. The van der Waals surface area contributed by atoms with Crippen LogP contribution in [-0.4, -0.2) is 31.3 Å². The zero-order valence-electron chi connectivity index (χ0n) is 15.8. The minimum Gasteiger partial charge on any atom is -0.403 e. The van der Waals surface area contributed by atoms with E-state index in [-0.39, 0.29) is 12.2 Å². The van der Waals surface area contributed by atoms with Gasteiger partial charge in [0.2, 0.25) is 5.91 Å². The van der Waals surface area contributed by atoms with Gasteiger partial charge in [-0.05, 0) is 58.4 Å². The number of benzene rings is 1. The Labute approximate surface area is 151 Å². The summed E-state index contributed by atoms with van der Waals surface area (Å²) >= 11 is 0. The van der Waals surface area contributed by atoms with E-state index in [4.69, 9.17) is 9.31 Å². The summed E-state index contributed by atoms with van der Waals surface area (Å²) in [5.74, 6) is -0.262. The Balaban J connectivity index is 1.99. The molecule has 1 fully saturated rings. The highest BCUT2D eigenvalue weighted by atomic mass is 19.4. The van der Waals surface area contributed by atoms with E-state index >= 15 is 0 Å². The SMILES string of the molecule is CN1C(=O)C(C)(CB2OC(C)(C)C(C)(C)O2)c2cc(C(F)(F)F)ccc21. The summed E-state index contributed by atoms with van der Waals surface area (Å²) in [6.07, 6.45) is -4.32. The van der Waals surface area contributed by atoms with Gasteiger partial charge in [0, 0.05) is 19.1 Å². The molecule has 0 saturated carbocycles. The number of amides is 1. The van der Waals surface area contributed by atoms with Gasteiger partial charge in [-0.25, -0.2) is 0 Å². The van der Waals surface area contributed by atoms with Gasteiger partial charge in [-0.15, -0.1) is 0 Å².